The Balaban J connectivity index is 2.64. The van der Waals surface area contributed by atoms with E-state index in [9.17, 15) is 14.9 Å². The van der Waals surface area contributed by atoms with Crippen LogP contribution in [0.1, 0.15) is 0 Å². The summed E-state index contributed by atoms with van der Waals surface area (Å²) in [5.74, 6) is 0. The van der Waals surface area contributed by atoms with E-state index in [4.69, 9.17) is 0 Å². The van der Waals surface area contributed by atoms with Crippen LogP contribution in [0, 0.1) is 10.1 Å². The Hall–Kier alpha value is -0.830. The van der Waals surface area contributed by atoms with Crippen LogP contribution in [-0.4, -0.2) is 8.90 Å². The van der Waals surface area contributed by atoms with Crippen molar-refractivity contribution in [3.63, 3.8) is 0 Å². The lowest BCUT2D eigenvalue weighted by atomic mass is 10.3. The molecule has 0 amide bonds. The van der Waals surface area contributed by atoms with Crippen molar-refractivity contribution in [3.8, 4) is 0 Å². The smallest absolute Gasteiger partial charge is 0.378 e. The molecule has 0 atom stereocenters. The number of halogens is 1. The number of non-ortho nitro benzene ring substituents is 1. The standard InChI is InChI=1S/C7H4INO4S/c8-7(10)13-14-6-3-1-5(2-4-6)9(11)12/h1-4H. The van der Waals surface area contributed by atoms with E-state index in [2.05, 4.69) is 4.18 Å². The second-order valence-corrected chi connectivity index (χ2v) is 3.84. The summed E-state index contributed by atoms with van der Waals surface area (Å²) in [5, 5.41) is 10.3. The first-order valence-electron chi connectivity index (χ1n) is 3.38. The van der Waals surface area contributed by atoms with E-state index < -0.39 is 8.90 Å². The van der Waals surface area contributed by atoms with Gasteiger partial charge in [-0.1, -0.05) is 0 Å². The Bertz CT molecular complexity index is 353. The molecule has 0 unspecified atom stereocenters. The molecule has 0 saturated carbocycles. The molecule has 5 nitrogen and oxygen atoms in total. The van der Waals surface area contributed by atoms with Gasteiger partial charge in [-0.05, 0) is 12.1 Å². The maximum Gasteiger partial charge on any atom is 0.379 e. The molecule has 0 N–H and O–H groups in total. The number of nitrogens with zero attached hydrogens (tertiary/aromatic N) is 1. The van der Waals surface area contributed by atoms with Gasteiger partial charge >= 0.3 is 3.98 Å². The Kier molecular flexibility index (Phi) is 4.14. The largest absolute Gasteiger partial charge is 0.379 e. The van der Waals surface area contributed by atoms with Gasteiger partial charge in [0, 0.05) is 17.0 Å². The van der Waals surface area contributed by atoms with Crippen LogP contribution in [0.3, 0.4) is 0 Å². The van der Waals surface area contributed by atoms with Gasteiger partial charge in [-0.3, -0.25) is 10.1 Å². The minimum Gasteiger partial charge on any atom is -0.378 e. The average molecular weight is 325 g/mol. The normalized spacial score (nSPS) is 9.50. The highest BCUT2D eigenvalue weighted by Crippen LogP contribution is 2.23. The Morgan fingerprint density at radius 3 is 2.43 bits per heavy atom. The molecule has 1 aromatic rings. The zero-order valence-electron chi connectivity index (χ0n) is 6.68. The molecule has 0 aliphatic rings. The third-order valence-electron chi connectivity index (χ3n) is 1.25. The fourth-order valence-corrected chi connectivity index (χ4v) is 1.38. The third-order valence-corrected chi connectivity index (χ3v) is 2.47. The molecule has 0 spiro atoms. The molecule has 0 aliphatic carbocycles. The second-order valence-electron chi connectivity index (χ2n) is 2.16. The fraction of sp³-hybridized carbons (Fsp3) is 0. The molecule has 0 fully saturated rings. The summed E-state index contributed by atoms with van der Waals surface area (Å²) in [4.78, 5) is 20.9. The maximum absolute atomic E-state index is 10.4. The summed E-state index contributed by atoms with van der Waals surface area (Å²) in [6, 6.07) is 5.73. The highest BCUT2D eigenvalue weighted by atomic mass is 127. The quantitative estimate of drug-likeness (QED) is 0.281. The van der Waals surface area contributed by atoms with Gasteiger partial charge in [0.2, 0.25) is 0 Å². The molecule has 0 radical (unpaired) electrons. The third kappa shape index (κ3) is 3.50. The number of carbonyl (C=O) groups excluding carboxylic acids is 1. The topological polar surface area (TPSA) is 69.4 Å². The number of rotatable bonds is 3. The van der Waals surface area contributed by atoms with Crippen LogP contribution >= 0.6 is 34.6 Å². The lowest BCUT2D eigenvalue weighted by Crippen LogP contribution is -1.87. The SMILES string of the molecule is O=C(I)OSc1ccc([N+](=O)[O-])cc1. The van der Waals surface area contributed by atoms with Crippen molar-refractivity contribution in [1.29, 1.82) is 0 Å². The maximum atomic E-state index is 10.4. The first-order valence-corrected chi connectivity index (χ1v) is 5.20. The zero-order chi connectivity index (χ0) is 10.6. The predicted octanol–water partition coefficient (Wildman–Crippen LogP) is 3.17. The van der Waals surface area contributed by atoms with Crippen LogP contribution in [0.25, 0.3) is 0 Å². The summed E-state index contributed by atoms with van der Waals surface area (Å²) >= 11 is 2.37. The molecule has 7 heteroatoms. The number of nitro benzene ring substituents is 1. The Morgan fingerprint density at radius 2 is 2.00 bits per heavy atom. The average Bonchev–Trinajstić information content (AvgIpc) is 2.15. The van der Waals surface area contributed by atoms with Gasteiger partial charge in [0.05, 0.1) is 39.6 Å². The summed E-state index contributed by atoms with van der Waals surface area (Å²) in [6.07, 6.45) is 0. The highest BCUT2D eigenvalue weighted by molar-refractivity contribution is 14.1. The van der Waals surface area contributed by atoms with E-state index in [0.29, 0.717) is 4.90 Å². The van der Waals surface area contributed by atoms with Crippen LogP contribution < -0.4 is 0 Å². The first-order chi connectivity index (χ1) is 6.59. The minimum absolute atomic E-state index is 0.00940. The van der Waals surface area contributed by atoms with Gasteiger partial charge < -0.3 is 4.18 Å². The van der Waals surface area contributed by atoms with E-state index >= 15 is 0 Å². The Labute approximate surface area is 97.3 Å². The predicted molar refractivity (Wildman–Crippen MR) is 59.5 cm³/mol. The molecule has 0 saturated heterocycles. The van der Waals surface area contributed by atoms with Crippen molar-refractivity contribution in [2.45, 2.75) is 4.90 Å². The first kappa shape index (κ1) is 11.2. The summed E-state index contributed by atoms with van der Waals surface area (Å²) < 4.78 is 4.18. The summed E-state index contributed by atoms with van der Waals surface area (Å²) in [5.41, 5.74) is 0.00940. The van der Waals surface area contributed by atoms with Crippen LogP contribution in [0.5, 0.6) is 0 Å². The van der Waals surface area contributed by atoms with Crippen LogP contribution in [-0.2, 0) is 4.18 Å². The van der Waals surface area contributed by atoms with Gasteiger partial charge in [0.1, 0.15) is 0 Å². The summed E-state index contributed by atoms with van der Waals surface area (Å²) in [7, 11) is 0. The van der Waals surface area contributed by atoms with Crippen LogP contribution in [0.4, 0.5) is 10.5 Å². The van der Waals surface area contributed by atoms with Crippen molar-refractivity contribution < 1.29 is 13.9 Å². The van der Waals surface area contributed by atoms with Gasteiger partial charge in [-0.25, -0.2) is 4.79 Å². The molecule has 0 bridgehead atoms. The van der Waals surface area contributed by atoms with Crippen LogP contribution in [0.15, 0.2) is 29.2 Å². The number of hydrogen-bond acceptors (Lipinski definition) is 5. The highest BCUT2D eigenvalue weighted by Gasteiger charge is 2.05. The second kappa shape index (κ2) is 5.15. The van der Waals surface area contributed by atoms with E-state index in [1.165, 1.54) is 46.9 Å². The minimum atomic E-state index is -0.487. The van der Waals surface area contributed by atoms with Crippen molar-refractivity contribution in [1.82, 2.24) is 0 Å². The lowest BCUT2D eigenvalue weighted by molar-refractivity contribution is -0.384. The molecule has 0 aliphatic heterocycles. The molecular weight excluding hydrogens is 321 g/mol. The van der Waals surface area contributed by atoms with E-state index in [1.54, 1.807) is 0 Å². The monoisotopic (exact) mass is 325 g/mol. The lowest BCUT2D eigenvalue weighted by Gasteiger charge is -1.97. The van der Waals surface area contributed by atoms with E-state index in [1.807, 2.05) is 0 Å². The molecule has 14 heavy (non-hydrogen) atoms. The Morgan fingerprint density at radius 1 is 1.43 bits per heavy atom. The van der Waals surface area contributed by atoms with Gasteiger partial charge in [0.15, 0.2) is 0 Å². The van der Waals surface area contributed by atoms with Crippen LogP contribution in [0.2, 0.25) is 0 Å². The summed E-state index contributed by atoms with van der Waals surface area (Å²) in [6.45, 7) is 0. The van der Waals surface area contributed by atoms with Crippen molar-refractivity contribution in [2.24, 2.45) is 0 Å². The number of carbonyl (C=O) groups is 1. The molecule has 0 aromatic heterocycles. The van der Waals surface area contributed by atoms with Gasteiger partial charge in [0.25, 0.3) is 5.69 Å². The molecule has 74 valence electrons. The van der Waals surface area contributed by atoms with Gasteiger partial charge in [-0.15, -0.1) is 0 Å². The molecule has 1 aromatic carbocycles. The van der Waals surface area contributed by atoms with E-state index in [-0.39, 0.29) is 5.69 Å². The number of nitro groups is 1. The molecule has 1 rings (SSSR count). The van der Waals surface area contributed by atoms with Crippen molar-refractivity contribution in [2.75, 3.05) is 0 Å². The molecular formula is C7H4INO4S. The van der Waals surface area contributed by atoms with Crippen molar-refractivity contribution >= 4 is 44.3 Å². The number of hydrogen-bond donors (Lipinski definition) is 0. The molecule has 0 heterocycles. The van der Waals surface area contributed by atoms with Gasteiger partial charge in [-0.2, -0.15) is 0 Å². The van der Waals surface area contributed by atoms with Crippen molar-refractivity contribution in [3.05, 3.63) is 34.4 Å². The fourth-order valence-electron chi connectivity index (χ4n) is 0.704. The van der Waals surface area contributed by atoms with E-state index in [0.717, 1.165) is 12.0 Å². The zero-order valence-corrected chi connectivity index (χ0v) is 9.65. The number of benzene rings is 1.